The van der Waals surface area contributed by atoms with E-state index in [1.54, 1.807) is 0 Å². The van der Waals surface area contributed by atoms with Crippen molar-refractivity contribution in [1.29, 1.82) is 0 Å². The van der Waals surface area contributed by atoms with Gasteiger partial charge in [-0.05, 0) is 31.8 Å². The first-order chi connectivity index (χ1) is 5.25. The predicted octanol–water partition coefficient (Wildman–Crippen LogP) is 0.546. The fraction of sp³-hybridized carbons (Fsp3) is 1.00. The van der Waals surface area contributed by atoms with Crippen LogP contribution >= 0.6 is 0 Å². The summed E-state index contributed by atoms with van der Waals surface area (Å²) in [6.45, 7) is 6.15. The van der Waals surface area contributed by atoms with Crippen LogP contribution in [0, 0.1) is 11.8 Å². The van der Waals surface area contributed by atoms with E-state index in [1.807, 2.05) is 0 Å². The Kier molecular flexibility index (Phi) is 1.90. The van der Waals surface area contributed by atoms with Crippen molar-refractivity contribution in [2.75, 3.05) is 26.7 Å². The van der Waals surface area contributed by atoms with Gasteiger partial charge in [0.1, 0.15) is 0 Å². The van der Waals surface area contributed by atoms with E-state index in [0.717, 1.165) is 17.9 Å². The number of nitrogens with one attached hydrogen (secondary N) is 1. The number of likely N-dealkylation sites (N-methyl/N-ethyl adjacent to an activating group) is 1. The normalized spacial score (nSPS) is 45.8. The van der Waals surface area contributed by atoms with Gasteiger partial charge in [0.15, 0.2) is 0 Å². The lowest BCUT2D eigenvalue weighted by atomic mass is 9.88. The molecular formula is C9H18N2. The van der Waals surface area contributed by atoms with Crippen LogP contribution in [0.2, 0.25) is 0 Å². The minimum absolute atomic E-state index is 0.802. The molecule has 0 radical (unpaired) electrons. The molecule has 64 valence electrons. The molecule has 0 aromatic carbocycles. The fourth-order valence-electron chi connectivity index (χ4n) is 2.51. The molecule has 3 atom stereocenters. The monoisotopic (exact) mass is 154 g/mol. The molecule has 2 rings (SSSR count). The number of fused-ring (bicyclic) bond motifs is 1. The number of hydrogen-bond donors (Lipinski definition) is 1. The second-order valence-electron chi connectivity index (χ2n) is 4.34. The molecule has 0 aliphatic carbocycles. The topological polar surface area (TPSA) is 15.3 Å². The van der Waals surface area contributed by atoms with Gasteiger partial charge in [-0.3, -0.25) is 0 Å². The van der Waals surface area contributed by atoms with Crippen molar-refractivity contribution < 1.29 is 0 Å². The van der Waals surface area contributed by atoms with E-state index >= 15 is 0 Å². The van der Waals surface area contributed by atoms with Crippen LogP contribution in [0.1, 0.15) is 13.3 Å². The molecule has 0 amide bonds. The summed E-state index contributed by atoms with van der Waals surface area (Å²) in [5.41, 5.74) is 0. The van der Waals surface area contributed by atoms with Crippen LogP contribution < -0.4 is 5.32 Å². The first kappa shape index (κ1) is 7.56. The van der Waals surface area contributed by atoms with Gasteiger partial charge in [0.2, 0.25) is 0 Å². The third-order valence-corrected chi connectivity index (χ3v) is 3.06. The van der Waals surface area contributed by atoms with Gasteiger partial charge in [-0.15, -0.1) is 0 Å². The molecule has 2 nitrogen and oxygen atoms in total. The van der Waals surface area contributed by atoms with Crippen LogP contribution in [0.15, 0.2) is 0 Å². The minimum Gasteiger partial charge on any atom is -0.312 e. The average molecular weight is 154 g/mol. The number of nitrogens with zero attached hydrogens (tertiary/aromatic N) is 1. The van der Waals surface area contributed by atoms with Crippen molar-refractivity contribution in [3.8, 4) is 0 Å². The highest BCUT2D eigenvalue weighted by Gasteiger charge is 2.34. The third-order valence-electron chi connectivity index (χ3n) is 3.06. The van der Waals surface area contributed by atoms with Gasteiger partial charge in [-0.25, -0.2) is 0 Å². The Balaban J connectivity index is 1.97. The second-order valence-corrected chi connectivity index (χ2v) is 4.34. The van der Waals surface area contributed by atoms with E-state index in [4.69, 9.17) is 0 Å². The van der Waals surface area contributed by atoms with Crippen LogP contribution in [0.3, 0.4) is 0 Å². The predicted molar refractivity (Wildman–Crippen MR) is 46.6 cm³/mol. The highest BCUT2D eigenvalue weighted by atomic mass is 15.2. The molecule has 2 heteroatoms. The molecule has 0 saturated carbocycles. The van der Waals surface area contributed by atoms with Crippen LogP contribution in [-0.4, -0.2) is 37.6 Å². The highest BCUT2D eigenvalue weighted by molar-refractivity contribution is 4.92. The number of hydrogen-bond acceptors (Lipinski definition) is 2. The molecule has 2 heterocycles. The summed E-state index contributed by atoms with van der Waals surface area (Å²) in [7, 11) is 2.23. The van der Waals surface area contributed by atoms with Gasteiger partial charge in [0.05, 0.1) is 0 Å². The van der Waals surface area contributed by atoms with Gasteiger partial charge in [0, 0.05) is 19.1 Å². The molecule has 2 unspecified atom stereocenters. The van der Waals surface area contributed by atoms with Crippen molar-refractivity contribution in [1.82, 2.24) is 10.2 Å². The molecule has 2 aliphatic rings. The number of piperidine rings is 1. The maximum absolute atomic E-state index is 3.62. The van der Waals surface area contributed by atoms with Gasteiger partial charge >= 0.3 is 0 Å². The molecule has 0 aromatic heterocycles. The highest BCUT2D eigenvalue weighted by Crippen LogP contribution is 2.26. The van der Waals surface area contributed by atoms with Gasteiger partial charge in [-0.2, -0.15) is 0 Å². The van der Waals surface area contributed by atoms with Gasteiger partial charge in [0.25, 0.3) is 0 Å². The van der Waals surface area contributed by atoms with E-state index < -0.39 is 0 Å². The number of likely N-dealkylation sites (tertiary alicyclic amines) is 1. The smallest absolute Gasteiger partial charge is 0.0235 e. The average Bonchev–Trinajstić information content (AvgIpc) is 2.27. The van der Waals surface area contributed by atoms with E-state index in [1.165, 1.54) is 26.1 Å². The van der Waals surface area contributed by atoms with Crippen molar-refractivity contribution in [3.63, 3.8) is 0 Å². The van der Waals surface area contributed by atoms with Gasteiger partial charge < -0.3 is 10.2 Å². The molecule has 2 saturated heterocycles. The molecule has 1 N–H and O–H groups in total. The Morgan fingerprint density at radius 2 is 2.18 bits per heavy atom. The van der Waals surface area contributed by atoms with E-state index in [-0.39, 0.29) is 0 Å². The Labute approximate surface area is 69.0 Å². The summed E-state index contributed by atoms with van der Waals surface area (Å²) in [4.78, 5) is 2.44. The molecule has 0 spiro atoms. The van der Waals surface area contributed by atoms with Crippen molar-refractivity contribution in [3.05, 3.63) is 0 Å². The lowest BCUT2D eigenvalue weighted by molar-refractivity contribution is 0.272. The Bertz CT molecular complexity index is 146. The lowest BCUT2D eigenvalue weighted by Gasteiger charge is -2.29. The molecule has 2 fully saturated rings. The maximum Gasteiger partial charge on any atom is 0.0235 e. The Hall–Kier alpha value is -0.0800. The van der Waals surface area contributed by atoms with Crippen molar-refractivity contribution in [2.24, 2.45) is 11.8 Å². The summed E-state index contributed by atoms with van der Waals surface area (Å²) >= 11 is 0. The minimum atomic E-state index is 0.802. The second kappa shape index (κ2) is 2.76. The third kappa shape index (κ3) is 1.42. The summed E-state index contributed by atoms with van der Waals surface area (Å²) in [5.74, 6) is 1.83. The first-order valence-electron chi connectivity index (χ1n) is 4.67. The van der Waals surface area contributed by atoms with Crippen molar-refractivity contribution >= 4 is 0 Å². The van der Waals surface area contributed by atoms with Crippen LogP contribution in [-0.2, 0) is 0 Å². The molecule has 2 aliphatic heterocycles. The Morgan fingerprint density at radius 1 is 1.36 bits per heavy atom. The zero-order valence-electron chi connectivity index (χ0n) is 7.51. The number of rotatable bonds is 0. The summed E-state index contributed by atoms with van der Waals surface area (Å²) < 4.78 is 0. The summed E-state index contributed by atoms with van der Waals surface area (Å²) in [6.07, 6.45) is 1.43. The SMILES string of the molecule is CC1CNC2CN(C)C[C@@H]2C1. The van der Waals surface area contributed by atoms with E-state index in [0.29, 0.717) is 0 Å². The summed E-state index contributed by atoms with van der Waals surface area (Å²) in [5, 5.41) is 3.62. The van der Waals surface area contributed by atoms with Crippen molar-refractivity contribution in [2.45, 2.75) is 19.4 Å². The maximum atomic E-state index is 3.62. The van der Waals surface area contributed by atoms with Gasteiger partial charge in [-0.1, -0.05) is 6.92 Å². The zero-order valence-corrected chi connectivity index (χ0v) is 7.51. The molecule has 0 bridgehead atoms. The molecular weight excluding hydrogens is 136 g/mol. The fourth-order valence-corrected chi connectivity index (χ4v) is 2.51. The van der Waals surface area contributed by atoms with Crippen LogP contribution in [0.25, 0.3) is 0 Å². The molecule has 0 aromatic rings. The first-order valence-corrected chi connectivity index (χ1v) is 4.67. The quantitative estimate of drug-likeness (QED) is 0.548. The van der Waals surface area contributed by atoms with E-state index in [9.17, 15) is 0 Å². The lowest BCUT2D eigenvalue weighted by Crippen LogP contribution is -2.44. The Morgan fingerprint density at radius 3 is 3.00 bits per heavy atom. The largest absolute Gasteiger partial charge is 0.312 e. The molecule has 11 heavy (non-hydrogen) atoms. The zero-order chi connectivity index (χ0) is 7.84. The van der Waals surface area contributed by atoms with Crippen LogP contribution in [0.4, 0.5) is 0 Å². The van der Waals surface area contributed by atoms with E-state index in [2.05, 4.69) is 24.2 Å². The standard InChI is InChI=1S/C9H18N2/c1-7-3-8-5-11(2)6-9(8)10-4-7/h7-10H,3-6H2,1-2H3/t7?,8-,9?/m0/s1. The summed E-state index contributed by atoms with van der Waals surface area (Å²) in [6, 6.07) is 0.802. The van der Waals surface area contributed by atoms with Crippen LogP contribution in [0.5, 0.6) is 0 Å².